The smallest absolute Gasteiger partial charge is 0.0693 e. The molecule has 4 rings (SSSR count). The van der Waals surface area contributed by atoms with Gasteiger partial charge in [-0.1, -0.05) is 18.2 Å². The lowest BCUT2D eigenvalue weighted by Gasteiger charge is -2.32. The van der Waals surface area contributed by atoms with Crippen molar-refractivity contribution in [3.63, 3.8) is 0 Å². The van der Waals surface area contributed by atoms with Crippen molar-refractivity contribution in [3.05, 3.63) is 77.4 Å². The fourth-order valence-electron chi connectivity index (χ4n) is 4.02. The summed E-state index contributed by atoms with van der Waals surface area (Å²) in [6, 6.07) is 15.1. The van der Waals surface area contributed by atoms with Crippen molar-refractivity contribution in [2.24, 2.45) is 0 Å². The van der Waals surface area contributed by atoms with Crippen LogP contribution < -0.4 is 0 Å². The number of benzene rings is 1. The summed E-state index contributed by atoms with van der Waals surface area (Å²) in [5, 5.41) is 4.68. The number of aromatic nitrogens is 3. The fourth-order valence-corrected chi connectivity index (χ4v) is 4.02. The van der Waals surface area contributed by atoms with Gasteiger partial charge in [0.1, 0.15) is 0 Å². The van der Waals surface area contributed by atoms with Crippen LogP contribution in [0.15, 0.2) is 54.9 Å². The van der Waals surface area contributed by atoms with Crippen LogP contribution in [0, 0.1) is 13.8 Å². The second kappa shape index (κ2) is 7.42. The van der Waals surface area contributed by atoms with Crippen LogP contribution in [0.3, 0.4) is 0 Å². The Hall–Kier alpha value is -2.46. The summed E-state index contributed by atoms with van der Waals surface area (Å²) in [7, 11) is 0. The van der Waals surface area contributed by atoms with E-state index in [1.165, 1.54) is 35.3 Å². The number of hydrogen-bond acceptors (Lipinski definition) is 3. The number of hydrogen-bond donors (Lipinski definition) is 0. The molecule has 1 aliphatic rings. The Morgan fingerprint density at radius 2 is 1.73 bits per heavy atom. The van der Waals surface area contributed by atoms with Crippen molar-refractivity contribution < 1.29 is 0 Å². The van der Waals surface area contributed by atoms with Gasteiger partial charge in [0.25, 0.3) is 0 Å². The molecule has 0 atom stereocenters. The highest BCUT2D eigenvalue weighted by Gasteiger charge is 2.21. The van der Waals surface area contributed by atoms with Gasteiger partial charge in [-0.15, -0.1) is 0 Å². The largest absolute Gasteiger partial charge is 0.299 e. The minimum atomic E-state index is 0.667. The molecule has 2 aromatic heterocycles. The van der Waals surface area contributed by atoms with Crippen molar-refractivity contribution in [2.75, 3.05) is 13.1 Å². The highest BCUT2D eigenvalue weighted by molar-refractivity contribution is 5.42. The maximum absolute atomic E-state index is 4.68. The van der Waals surface area contributed by atoms with Crippen LogP contribution in [-0.4, -0.2) is 32.8 Å². The summed E-state index contributed by atoms with van der Waals surface area (Å²) in [4.78, 5) is 6.71. The molecule has 0 unspecified atom stereocenters. The van der Waals surface area contributed by atoms with Crippen LogP contribution in [0.5, 0.6) is 0 Å². The van der Waals surface area contributed by atoms with E-state index >= 15 is 0 Å². The van der Waals surface area contributed by atoms with E-state index in [1.807, 2.05) is 12.4 Å². The van der Waals surface area contributed by atoms with Gasteiger partial charge >= 0.3 is 0 Å². The molecular weight excluding hydrogens is 320 g/mol. The van der Waals surface area contributed by atoms with E-state index in [2.05, 4.69) is 76.0 Å². The number of piperidine rings is 1. The first kappa shape index (κ1) is 17.0. The average Bonchev–Trinajstić information content (AvgIpc) is 3.01. The molecule has 1 fully saturated rings. The van der Waals surface area contributed by atoms with E-state index in [1.54, 1.807) is 0 Å². The first-order valence-corrected chi connectivity index (χ1v) is 9.44. The second-order valence-corrected chi connectivity index (χ2v) is 7.30. The third-order valence-corrected chi connectivity index (χ3v) is 5.39. The normalized spacial score (nSPS) is 16.1. The SMILES string of the molecule is Cc1cc(C)n(-c2ccccc2CN2CCC(c3ccncc3)CC2)n1. The predicted molar refractivity (Wildman–Crippen MR) is 105 cm³/mol. The lowest BCUT2D eigenvalue weighted by molar-refractivity contribution is 0.204. The van der Waals surface area contributed by atoms with Crippen molar-refractivity contribution in [1.82, 2.24) is 19.7 Å². The molecule has 134 valence electrons. The van der Waals surface area contributed by atoms with E-state index < -0.39 is 0 Å². The monoisotopic (exact) mass is 346 g/mol. The number of aryl methyl sites for hydroxylation is 2. The van der Waals surface area contributed by atoms with Gasteiger partial charge in [-0.3, -0.25) is 9.88 Å². The Morgan fingerprint density at radius 1 is 1.00 bits per heavy atom. The van der Waals surface area contributed by atoms with E-state index in [0.29, 0.717) is 5.92 Å². The quantitative estimate of drug-likeness (QED) is 0.708. The molecule has 4 heteroatoms. The summed E-state index contributed by atoms with van der Waals surface area (Å²) < 4.78 is 2.08. The van der Waals surface area contributed by atoms with Crippen LogP contribution in [-0.2, 0) is 6.54 Å². The maximum atomic E-state index is 4.68. The first-order valence-electron chi connectivity index (χ1n) is 9.44. The highest BCUT2D eigenvalue weighted by Crippen LogP contribution is 2.29. The predicted octanol–water partition coefficient (Wildman–Crippen LogP) is 4.26. The maximum Gasteiger partial charge on any atom is 0.0693 e. The van der Waals surface area contributed by atoms with Crippen LogP contribution in [0.1, 0.15) is 41.3 Å². The average molecular weight is 346 g/mol. The van der Waals surface area contributed by atoms with Crippen molar-refractivity contribution in [2.45, 2.75) is 39.2 Å². The number of pyridine rings is 1. The van der Waals surface area contributed by atoms with Crippen LogP contribution in [0.25, 0.3) is 5.69 Å². The van der Waals surface area contributed by atoms with Crippen molar-refractivity contribution in [3.8, 4) is 5.69 Å². The Bertz CT molecular complexity index is 861. The fraction of sp³-hybridized carbons (Fsp3) is 0.364. The van der Waals surface area contributed by atoms with Crippen LogP contribution in [0.2, 0.25) is 0 Å². The standard InChI is InChI=1S/C22H26N4/c1-17-15-18(2)26(24-17)22-6-4-3-5-21(22)16-25-13-9-20(10-14-25)19-7-11-23-12-8-19/h3-8,11-12,15,20H,9-10,13-14,16H2,1-2H3. The van der Waals surface area contributed by atoms with Gasteiger partial charge in [0.15, 0.2) is 0 Å². The number of nitrogens with zero attached hydrogens (tertiary/aromatic N) is 4. The van der Waals surface area contributed by atoms with Gasteiger partial charge in [0.05, 0.1) is 11.4 Å². The van der Waals surface area contributed by atoms with Gasteiger partial charge in [-0.25, -0.2) is 4.68 Å². The second-order valence-electron chi connectivity index (χ2n) is 7.30. The molecule has 3 aromatic rings. The van der Waals surface area contributed by atoms with E-state index in [-0.39, 0.29) is 0 Å². The summed E-state index contributed by atoms with van der Waals surface area (Å²) in [6.45, 7) is 7.43. The summed E-state index contributed by atoms with van der Waals surface area (Å²) in [5.41, 5.74) is 6.24. The zero-order chi connectivity index (χ0) is 17.9. The number of likely N-dealkylation sites (tertiary alicyclic amines) is 1. The molecule has 1 aromatic carbocycles. The molecule has 0 saturated carbocycles. The zero-order valence-electron chi connectivity index (χ0n) is 15.6. The third kappa shape index (κ3) is 3.56. The molecule has 0 spiro atoms. The van der Waals surface area contributed by atoms with Gasteiger partial charge in [0.2, 0.25) is 0 Å². The number of para-hydroxylation sites is 1. The zero-order valence-corrected chi connectivity index (χ0v) is 15.6. The lowest BCUT2D eigenvalue weighted by Crippen LogP contribution is -2.32. The van der Waals surface area contributed by atoms with Gasteiger partial charge in [-0.05, 0) is 81.1 Å². The van der Waals surface area contributed by atoms with E-state index in [9.17, 15) is 0 Å². The van der Waals surface area contributed by atoms with Crippen LogP contribution >= 0.6 is 0 Å². The Morgan fingerprint density at radius 3 is 2.42 bits per heavy atom. The van der Waals surface area contributed by atoms with Gasteiger partial charge < -0.3 is 0 Å². The van der Waals surface area contributed by atoms with Crippen molar-refractivity contribution in [1.29, 1.82) is 0 Å². The molecule has 0 N–H and O–H groups in total. The third-order valence-electron chi connectivity index (χ3n) is 5.39. The summed E-state index contributed by atoms with van der Waals surface area (Å²) in [6.07, 6.45) is 6.25. The topological polar surface area (TPSA) is 34.0 Å². The highest BCUT2D eigenvalue weighted by atomic mass is 15.3. The molecule has 1 aliphatic heterocycles. The van der Waals surface area contributed by atoms with E-state index in [0.717, 1.165) is 25.3 Å². The van der Waals surface area contributed by atoms with Crippen molar-refractivity contribution >= 4 is 0 Å². The minimum Gasteiger partial charge on any atom is -0.299 e. The molecule has 0 radical (unpaired) electrons. The molecule has 0 bridgehead atoms. The van der Waals surface area contributed by atoms with Gasteiger partial charge in [0, 0.05) is 24.6 Å². The summed E-state index contributed by atoms with van der Waals surface area (Å²) >= 11 is 0. The molecule has 26 heavy (non-hydrogen) atoms. The summed E-state index contributed by atoms with van der Waals surface area (Å²) in [5.74, 6) is 0.667. The molecular formula is C22H26N4. The lowest BCUT2D eigenvalue weighted by atomic mass is 9.90. The molecule has 4 nitrogen and oxygen atoms in total. The number of rotatable bonds is 4. The minimum absolute atomic E-state index is 0.667. The molecule has 3 heterocycles. The molecule has 0 amide bonds. The van der Waals surface area contributed by atoms with Crippen LogP contribution in [0.4, 0.5) is 0 Å². The Balaban J connectivity index is 1.47. The first-order chi connectivity index (χ1) is 12.7. The molecule has 1 saturated heterocycles. The van der Waals surface area contributed by atoms with E-state index in [4.69, 9.17) is 0 Å². The Labute approximate surface area is 155 Å². The van der Waals surface area contributed by atoms with Gasteiger partial charge in [-0.2, -0.15) is 5.10 Å². The Kier molecular flexibility index (Phi) is 4.85. The molecule has 0 aliphatic carbocycles.